The first-order chi connectivity index (χ1) is 9.69. The van der Waals surface area contributed by atoms with E-state index in [-0.39, 0.29) is 0 Å². The number of rotatable bonds is 6. The monoisotopic (exact) mass is 293 g/mol. The molecule has 0 aliphatic rings. The van der Waals surface area contributed by atoms with Crippen molar-refractivity contribution in [1.29, 1.82) is 0 Å². The molecule has 0 fully saturated rings. The Kier molecular flexibility index (Phi) is 4.90. The Bertz CT molecular complexity index is 561. The predicted molar refractivity (Wildman–Crippen MR) is 80.6 cm³/mol. The first kappa shape index (κ1) is 14.3. The summed E-state index contributed by atoms with van der Waals surface area (Å²) in [6.45, 7) is 1.08. The Morgan fingerprint density at radius 1 is 1.25 bits per heavy atom. The van der Waals surface area contributed by atoms with E-state index < -0.39 is 0 Å². The number of hydrogen-bond acceptors (Lipinski definition) is 5. The van der Waals surface area contributed by atoms with Gasteiger partial charge in [0.2, 0.25) is 0 Å². The van der Waals surface area contributed by atoms with E-state index in [1.165, 1.54) is 0 Å². The molecule has 0 aliphatic carbocycles. The lowest BCUT2D eigenvalue weighted by Gasteiger charge is -2.10. The second kappa shape index (κ2) is 6.86. The molecular weight excluding hydrogens is 278 g/mol. The van der Waals surface area contributed by atoms with E-state index in [4.69, 9.17) is 26.8 Å². The van der Waals surface area contributed by atoms with Crippen LogP contribution in [0.2, 0.25) is 5.02 Å². The van der Waals surface area contributed by atoms with Gasteiger partial charge in [-0.2, -0.15) is 0 Å². The number of nitrogens with one attached hydrogen (secondary N) is 1. The number of pyridine rings is 1. The van der Waals surface area contributed by atoms with E-state index in [9.17, 15) is 0 Å². The second-order valence-electron chi connectivity index (χ2n) is 4.04. The Morgan fingerprint density at radius 3 is 2.60 bits per heavy atom. The number of benzene rings is 1. The minimum absolute atomic E-state index is 0.496. The molecule has 106 valence electrons. The number of ether oxygens (including phenoxy) is 2. The first-order valence-electron chi connectivity index (χ1n) is 6.11. The van der Waals surface area contributed by atoms with Crippen LogP contribution in [-0.4, -0.2) is 25.2 Å². The standard InChI is InChI=1S/C14H16ClN3O2/c1-19-11-2-4-12(5-3-11)20-7-6-17-14-13(16)8-10(15)9-18-14/h2-5,8-9H,6-7,16H2,1H3,(H,17,18). The molecule has 0 unspecified atom stereocenters. The third-order valence-corrected chi connectivity index (χ3v) is 2.81. The summed E-state index contributed by atoms with van der Waals surface area (Å²) in [7, 11) is 1.63. The molecule has 0 spiro atoms. The van der Waals surface area contributed by atoms with Crippen molar-refractivity contribution < 1.29 is 9.47 Å². The summed E-state index contributed by atoms with van der Waals surface area (Å²) in [5.41, 5.74) is 6.30. The molecule has 0 aliphatic heterocycles. The maximum absolute atomic E-state index is 5.78. The molecule has 0 saturated carbocycles. The van der Waals surface area contributed by atoms with Gasteiger partial charge in [0.1, 0.15) is 23.9 Å². The van der Waals surface area contributed by atoms with Crippen LogP contribution < -0.4 is 20.5 Å². The van der Waals surface area contributed by atoms with E-state index in [1.54, 1.807) is 19.4 Å². The van der Waals surface area contributed by atoms with E-state index in [0.717, 1.165) is 11.5 Å². The largest absolute Gasteiger partial charge is 0.497 e. The minimum atomic E-state index is 0.496. The summed E-state index contributed by atoms with van der Waals surface area (Å²) in [5, 5.41) is 3.60. The normalized spacial score (nSPS) is 10.1. The summed E-state index contributed by atoms with van der Waals surface area (Å²) in [6, 6.07) is 9.06. The summed E-state index contributed by atoms with van der Waals surface area (Å²) < 4.78 is 10.7. The van der Waals surface area contributed by atoms with Crippen LogP contribution in [0, 0.1) is 0 Å². The highest BCUT2D eigenvalue weighted by Crippen LogP contribution is 2.19. The molecular formula is C14H16ClN3O2. The lowest BCUT2D eigenvalue weighted by molar-refractivity contribution is 0.331. The highest BCUT2D eigenvalue weighted by molar-refractivity contribution is 6.30. The molecule has 2 aromatic rings. The first-order valence-corrected chi connectivity index (χ1v) is 6.48. The summed E-state index contributed by atoms with van der Waals surface area (Å²) >= 11 is 5.78. The van der Waals surface area contributed by atoms with Crippen LogP contribution in [0.5, 0.6) is 11.5 Å². The van der Waals surface area contributed by atoms with Gasteiger partial charge in [-0.25, -0.2) is 4.98 Å². The highest BCUT2D eigenvalue weighted by atomic mass is 35.5. The Hall–Kier alpha value is -2.14. The molecule has 1 aromatic carbocycles. The van der Waals surface area contributed by atoms with Crippen LogP contribution in [0.1, 0.15) is 0 Å². The fourth-order valence-corrected chi connectivity index (χ4v) is 1.78. The van der Waals surface area contributed by atoms with Gasteiger partial charge in [-0.05, 0) is 30.3 Å². The van der Waals surface area contributed by atoms with E-state index >= 15 is 0 Å². The number of nitrogens with zero attached hydrogens (tertiary/aromatic N) is 1. The van der Waals surface area contributed by atoms with Gasteiger partial charge in [-0.3, -0.25) is 0 Å². The lowest BCUT2D eigenvalue weighted by Crippen LogP contribution is -2.13. The minimum Gasteiger partial charge on any atom is -0.497 e. The predicted octanol–water partition coefficient (Wildman–Crippen LogP) is 2.82. The lowest BCUT2D eigenvalue weighted by atomic mass is 10.3. The number of nitrogen functional groups attached to an aromatic ring is 1. The zero-order valence-corrected chi connectivity index (χ0v) is 11.9. The van der Waals surface area contributed by atoms with E-state index in [1.807, 2.05) is 24.3 Å². The van der Waals surface area contributed by atoms with Crippen LogP contribution in [0.4, 0.5) is 11.5 Å². The summed E-state index contributed by atoms with van der Waals surface area (Å²) in [5.74, 6) is 2.19. The molecule has 0 saturated heterocycles. The van der Waals surface area contributed by atoms with Crippen LogP contribution in [0.3, 0.4) is 0 Å². The van der Waals surface area contributed by atoms with Crippen molar-refractivity contribution in [2.24, 2.45) is 0 Å². The van der Waals surface area contributed by atoms with Gasteiger partial charge < -0.3 is 20.5 Å². The quantitative estimate of drug-likeness (QED) is 0.802. The highest BCUT2D eigenvalue weighted by Gasteiger charge is 2.01. The molecule has 0 atom stereocenters. The van der Waals surface area contributed by atoms with Gasteiger partial charge in [0.05, 0.1) is 24.4 Å². The molecule has 0 bridgehead atoms. The summed E-state index contributed by atoms with van der Waals surface area (Å²) in [6.07, 6.45) is 1.55. The van der Waals surface area contributed by atoms with Crippen molar-refractivity contribution in [3.05, 3.63) is 41.6 Å². The Balaban J connectivity index is 1.78. The van der Waals surface area contributed by atoms with Crippen LogP contribution in [-0.2, 0) is 0 Å². The zero-order chi connectivity index (χ0) is 14.4. The van der Waals surface area contributed by atoms with Crippen molar-refractivity contribution in [2.75, 3.05) is 31.3 Å². The van der Waals surface area contributed by atoms with Crippen molar-refractivity contribution >= 4 is 23.1 Å². The van der Waals surface area contributed by atoms with Gasteiger partial charge in [-0.1, -0.05) is 11.6 Å². The Morgan fingerprint density at radius 2 is 1.95 bits per heavy atom. The molecule has 5 nitrogen and oxygen atoms in total. The number of halogens is 1. The van der Waals surface area contributed by atoms with E-state index in [2.05, 4.69) is 10.3 Å². The third-order valence-electron chi connectivity index (χ3n) is 2.61. The van der Waals surface area contributed by atoms with Crippen LogP contribution >= 0.6 is 11.6 Å². The van der Waals surface area contributed by atoms with E-state index in [0.29, 0.717) is 29.7 Å². The molecule has 0 radical (unpaired) electrons. The van der Waals surface area contributed by atoms with Gasteiger partial charge in [0.15, 0.2) is 0 Å². The third kappa shape index (κ3) is 3.93. The fraction of sp³-hybridized carbons (Fsp3) is 0.214. The number of methoxy groups -OCH3 is 1. The zero-order valence-electron chi connectivity index (χ0n) is 11.1. The van der Waals surface area contributed by atoms with Gasteiger partial charge >= 0.3 is 0 Å². The molecule has 3 N–H and O–H groups in total. The number of aromatic nitrogens is 1. The number of hydrogen-bond donors (Lipinski definition) is 2. The topological polar surface area (TPSA) is 69.4 Å². The average molecular weight is 294 g/mol. The average Bonchev–Trinajstić information content (AvgIpc) is 2.46. The summed E-state index contributed by atoms with van der Waals surface area (Å²) in [4.78, 5) is 4.10. The molecule has 2 rings (SSSR count). The smallest absolute Gasteiger partial charge is 0.149 e. The maximum atomic E-state index is 5.78. The molecule has 1 heterocycles. The maximum Gasteiger partial charge on any atom is 0.149 e. The molecule has 1 aromatic heterocycles. The van der Waals surface area contributed by atoms with Gasteiger partial charge in [-0.15, -0.1) is 0 Å². The fourth-order valence-electron chi connectivity index (χ4n) is 1.61. The number of nitrogens with two attached hydrogens (primary N) is 1. The van der Waals surface area contributed by atoms with Crippen LogP contribution in [0.25, 0.3) is 0 Å². The van der Waals surface area contributed by atoms with Crippen molar-refractivity contribution in [1.82, 2.24) is 4.98 Å². The van der Waals surface area contributed by atoms with Gasteiger partial charge in [0, 0.05) is 6.20 Å². The molecule has 20 heavy (non-hydrogen) atoms. The molecule has 6 heteroatoms. The second-order valence-corrected chi connectivity index (χ2v) is 4.48. The number of anilines is 2. The SMILES string of the molecule is COc1ccc(OCCNc2ncc(Cl)cc2N)cc1. The van der Waals surface area contributed by atoms with Crippen molar-refractivity contribution in [3.63, 3.8) is 0 Å². The Labute approximate surface area is 122 Å². The molecule has 0 amide bonds. The van der Waals surface area contributed by atoms with Crippen molar-refractivity contribution in [2.45, 2.75) is 0 Å². The van der Waals surface area contributed by atoms with Crippen LogP contribution in [0.15, 0.2) is 36.5 Å². The van der Waals surface area contributed by atoms with Crippen molar-refractivity contribution in [3.8, 4) is 11.5 Å². The van der Waals surface area contributed by atoms with Gasteiger partial charge in [0.25, 0.3) is 0 Å².